The summed E-state index contributed by atoms with van der Waals surface area (Å²) in [5.41, 5.74) is 0.765. The van der Waals surface area contributed by atoms with Crippen molar-refractivity contribution in [3.63, 3.8) is 0 Å². The summed E-state index contributed by atoms with van der Waals surface area (Å²) in [6, 6.07) is 3.56. The molecule has 6 nitrogen and oxygen atoms in total. The van der Waals surface area contributed by atoms with Gasteiger partial charge in [-0.05, 0) is 44.7 Å². The molecule has 1 aromatic heterocycles. The monoisotopic (exact) mass is 304 g/mol. The van der Waals surface area contributed by atoms with Crippen molar-refractivity contribution in [1.29, 1.82) is 0 Å². The Morgan fingerprint density at radius 2 is 2.23 bits per heavy atom. The maximum Gasteiger partial charge on any atom is 0.319 e. The van der Waals surface area contributed by atoms with E-state index in [-0.39, 0.29) is 18.2 Å². The molecule has 22 heavy (non-hydrogen) atoms. The Hall–Kier alpha value is -1.82. The molecule has 6 heteroatoms. The molecule has 0 spiro atoms. The van der Waals surface area contributed by atoms with Crippen LogP contribution in [0.2, 0.25) is 0 Å². The second-order valence-corrected chi connectivity index (χ2v) is 6.01. The van der Waals surface area contributed by atoms with Gasteiger partial charge in [-0.3, -0.25) is 0 Å². The highest BCUT2D eigenvalue weighted by Crippen LogP contribution is 2.26. The van der Waals surface area contributed by atoms with E-state index in [1.807, 2.05) is 19.1 Å². The first-order valence-electron chi connectivity index (χ1n) is 8.13. The minimum atomic E-state index is -0.198. The van der Waals surface area contributed by atoms with Gasteiger partial charge in [0, 0.05) is 25.9 Å². The molecule has 0 unspecified atom stereocenters. The third kappa shape index (κ3) is 3.50. The third-order valence-corrected chi connectivity index (χ3v) is 4.32. The SMILES string of the molecule is C[C@H](NC(=O)Nc1cccnc1N1CCCC1)[C@H]1CCCO1. The number of hydrogen-bond donors (Lipinski definition) is 2. The van der Waals surface area contributed by atoms with E-state index in [1.54, 1.807) is 6.20 Å². The lowest BCUT2D eigenvalue weighted by atomic mass is 10.1. The van der Waals surface area contributed by atoms with Gasteiger partial charge in [-0.1, -0.05) is 0 Å². The fourth-order valence-corrected chi connectivity index (χ4v) is 3.13. The van der Waals surface area contributed by atoms with Crippen LogP contribution in [0.25, 0.3) is 0 Å². The molecule has 0 bridgehead atoms. The largest absolute Gasteiger partial charge is 0.376 e. The van der Waals surface area contributed by atoms with E-state index < -0.39 is 0 Å². The van der Waals surface area contributed by atoms with Crippen molar-refractivity contribution in [1.82, 2.24) is 10.3 Å². The molecular formula is C16H24N4O2. The Morgan fingerprint density at radius 3 is 2.95 bits per heavy atom. The highest BCUT2D eigenvalue weighted by atomic mass is 16.5. The summed E-state index contributed by atoms with van der Waals surface area (Å²) in [6.45, 7) is 4.78. The molecule has 0 aromatic carbocycles. The number of urea groups is 1. The molecule has 2 aliphatic heterocycles. The minimum absolute atomic E-state index is 0.00871. The summed E-state index contributed by atoms with van der Waals surface area (Å²) < 4.78 is 5.61. The van der Waals surface area contributed by atoms with Crippen molar-refractivity contribution >= 4 is 17.5 Å². The van der Waals surface area contributed by atoms with E-state index in [1.165, 1.54) is 12.8 Å². The average molecular weight is 304 g/mol. The van der Waals surface area contributed by atoms with Crippen LogP contribution in [0, 0.1) is 0 Å². The van der Waals surface area contributed by atoms with Crippen LogP contribution in [0.15, 0.2) is 18.3 Å². The van der Waals surface area contributed by atoms with Crippen LogP contribution in [0.1, 0.15) is 32.6 Å². The zero-order valence-electron chi connectivity index (χ0n) is 13.0. The molecule has 1 aromatic rings. The van der Waals surface area contributed by atoms with Crippen molar-refractivity contribution in [3.8, 4) is 0 Å². The first-order valence-corrected chi connectivity index (χ1v) is 8.13. The molecule has 2 atom stereocenters. The van der Waals surface area contributed by atoms with Crippen LogP contribution in [0.3, 0.4) is 0 Å². The first kappa shape index (κ1) is 15.1. The van der Waals surface area contributed by atoms with Gasteiger partial charge in [0.2, 0.25) is 0 Å². The molecule has 120 valence electrons. The zero-order valence-corrected chi connectivity index (χ0v) is 13.0. The summed E-state index contributed by atoms with van der Waals surface area (Å²) in [6.07, 6.45) is 6.33. The molecule has 3 heterocycles. The summed E-state index contributed by atoms with van der Waals surface area (Å²) in [5.74, 6) is 0.861. The van der Waals surface area contributed by atoms with Crippen LogP contribution >= 0.6 is 0 Å². The van der Waals surface area contributed by atoms with Crippen molar-refractivity contribution in [2.75, 3.05) is 29.9 Å². The number of rotatable bonds is 4. The van der Waals surface area contributed by atoms with E-state index in [2.05, 4.69) is 20.5 Å². The van der Waals surface area contributed by atoms with Crippen molar-refractivity contribution in [2.24, 2.45) is 0 Å². The van der Waals surface area contributed by atoms with Crippen LogP contribution < -0.4 is 15.5 Å². The van der Waals surface area contributed by atoms with Gasteiger partial charge in [-0.15, -0.1) is 0 Å². The van der Waals surface area contributed by atoms with Crippen LogP contribution in [0.4, 0.5) is 16.3 Å². The van der Waals surface area contributed by atoms with Crippen molar-refractivity contribution in [3.05, 3.63) is 18.3 Å². The molecule has 2 N–H and O–H groups in total. The van der Waals surface area contributed by atoms with Crippen LogP contribution in [-0.2, 0) is 4.74 Å². The fraction of sp³-hybridized carbons (Fsp3) is 0.625. The van der Waals surface area contributed by atoms with E-state index in [9.17, 15) is 4.79 Å². The van der Waals surface area contributed by atoms with Gasteiger partial charge in [-0.25, -0.2) is 9.78 Å². The number of amides is 2. The van der Waals surface area contributed by atoms with Crippen LogP contribution in [0.5, 0.6) is 0 Å². The predicted molar refractivity (Wildman–Crippen MR) is 86.3 cm³/mol. The lowest BCUT2D eigenvalue weighted by Crippen LogP contribution is -2.43. The number of pyridine rings is 1. The van der Waals surface area contributed by atoms with Crippen molar-refractivity contribution < 1.29 is 9.53 Å². The standard InChI is InChI=1S/C16H24N4O2/c1-12(14-7-5-11-22-14)18-16(21)19-13-6-4-8-17-15(13)20-9-2-3-10-20/h4,6,8,12,14H,2-3,5,7,9-11H2,1H3,(H2,18,19,21)/t12-,14+/m0/s1. The number of ether oxygens (including phenoxy) is 1. The Balaban J connectivity index is 1.61. The molecule has 2 amide bonds. The second kappa shape index (κ2) is 6.96. The normalized spacial score (nSPS) is 22.6. The minimum Gasteiger partial charge on any atom is -0.376 e. The Morgan fingerprint density at radius 1 is 1.41 bits per heavy atom. The second-order valence-electron chi connectivity index (χ2n) is 6.01. The highest BCUT2D eigenvalue weighted by molar-refractivity contribution is 5.92. The van der Waals surface area contributed by atoms with Gasteiger partial charge in [0.25, 0.3) is 0 Å². The van der Waals surface area contributed by atoms with Gasteiger partial charge in [0.15, 0.2) is 5.82 Å². The quantitative estimate of drug-likeness (QED) is 0.896. The van der Waals surface area contributed by atoms with Crippen LogP contribution in [-0.4, -0.2) is 42.9 Å². The lowest BCUT2D eigenvalue weighted by Gasteiger charge is -2.22. The summed E-state index contributed by atoms with van der Waals surface area (Å²) >= 11 is 0. The van der Waals surface area contributed by atoms with Crippen molar-refractivity contribution in [2.45, 2.75) is 44.8 Å². The van der Waals surface area contributed by atoms with Gasteiger partial charge >= 0.3 is 6.03 Å². The summed E-state index contributed by atoms with van der Waals surface area (Å²) in [4.78, 5) is 18.9. The number of nitrogens with zero attached hydrogens (tertiary/aromatic N) is 2. The fourth-order valence-electron chi connectivity index (χ4n) is 3.13. The van der Waals surface area contributed by atoms with Gasteiger partial charge < -0.3 is 20.3 Å². The maximum absolute atomic E-state index is 12.2. The number of carbonyl (C=O) groups is 1. The number of nitrogens with one attached hydrogen (secondary N) is 2. The zero-order chi connectivity index (χ0) is 15.4. The van der Waals surface area contributed by atoms with E-state index in [4.69, 9.17) is 4.74 Å². The summed E-state index contributed by atoms with van der Waals surface area (Å²) in [5, 5.41) is 5.90. The predicted octanol–water partition coefficient (Wildman–Crippen LogP) is 2.37. The highest BCUT2D eigenvalue weighted by Gasteiger charge is 2.24. The molecule has 0 saturated carbocycles. The molecule has 2 fully saturated rings. The topological polar surface area (TPSA) is 66.5 Å². The Bertz CT molecular complexity index is 511. The van der Waals surface area contributed by atoms with Gasteiger partial charge in [0.05, 0.1) is 17.8 Å². The maximum atomic E-state index is 12.2. The lowest BCUT2D eigenvalue weighted by molar-refractivity contribution is 0.0868. The molecule has 2 saturated heterocycles. The van der Waals surface area contributed by atoms with E-state index >= 15 is 0 Å². The number of aromatic nitrogens is 1. The number of carbonyl (C=O) groups excluding carboxylic acids is 1. The summed E-state index contributed by atoms with van der Waals surface area (Å²) in [7, 11) is 0. The molecule has 0 radical (unpaired) electrons. The molecule has 3 rings (SSSR count). The first-order chi connectivity index (χ1) is 10.7. The Kier molecular flexibility index (Phi) is 4.77. The van der Waals surface area contributed by atoms with Gasteiger partial charge in [-0.2, -0.15) is 0 Å². The smallest absolute Gasteiger partial charge is 0.319 e. The van der Waals surface area contributed by atoms with E-state index in [0.29, 0.717) is 0 Å². The molecule has 0 aliphatic carbocycles. The average Bonchev–Trinajstić information content (AvgIpc) is 3.21. The molecular weight excluding hydrogens is 280 g/mol. The number of anilines is 2. The van der Waals surface area contributed by atoms with E-state index in [0.717, 1.165) is 44.0 Å². The number of hydrogen-bond acceptors (Lipinski definition) is 4. The van der Waals surface area contributed by atoms with Gasteiger partial charge in [0.1, 0.15) is 0 Å². The third-order valence-electron chi connectivity index (χ3n) is 4.32. The molecule has 2 aliphatic rings. The Labute approximate surface area is 131 Å².